The maximum atomic E-state index is 13.0. The van der Waals surface area contributed by atoms with Crippen molar-refractivity contribution in [3.63, 3.8) is 0 Å². The molecule has 0 spiro atoms. The number of rotatable bonds is 5. The molecule has 2 aliphatic rings. The molecule has 0 unspecified atom stereocenters. The Morgan fingerprint density at radius 2 is 1.84 bits per heavy atom. The van der Waals surface area contributed by atoms with Crippen LogP contribution in [0, 0.1) is 0 Å². The maximum Gasteiger partial charge on any atom is 0.396 e. The zero-order valence-corrected chi connectivity index (χ0v) is 21.0. The van der Waals surface area contributed by atoms with Gasteiger partial charge in [-0.05, 0) is 99.1 Å². The van der Waals surface area contributed by atoms with Crippen LogP contribution in [0.1, 0.15) is 52.2 Å². The van der Waals surface area contributed by atoms with Gasteiger partial charge in [0.1, 0.15) is 10.9 Å². The fourth-order valence-electron chi connectivity index (χ4n) is 5.61. The fourth-order valence-corrected chi connectivity index (χ4v) is 5.61. The third-order valence-corrected chi connectivity index (χ3v) is 7.78. The van der Waals surface area contributed by atoms with Gasteiger partial charge in [-0.1, -0.05) is 23.2 Å². The minimum atomic E-state index is -0.756. The van der Waals surface area contributed by atoms with Gasteiger partial charge in [0.15, 0.2) is 0 Å². The highest BCUT2D eigenvalue weighted by Crippen LogP contribution is 2.29. The van der Waals surface area contributed by atoms with E-state index in [1.807, 2.05) is 6.07 Å². The lowest BCUT2D eigenvalue weighted by atomic mass is 9.89. The number of amides is 1. The average molecular weight is 496 g/mol. The quantitative estimate of drug-likeness (QED) is 0.442. The van der Waals surface area contributed by atoms with Crippen molar-refractivity contribution in [2.24, 2.45) is 5.73 Å². The first-order valence-corrected chi connectivity index (χ1v) is 12.9. The number of aryl methyl sites for hydroxylation is 2. The summed E-state index contributed by atoms with van der Waals surface area (Å²) in [7, 11) is 2.18. The number of fused-ring (bicyclic) bond motifs is 2. The van der Waals surface area contributed by atoms with Crippen LogP contribution >= 0.6 is 0 Å². The van der Waals surface area contributed by atoms with Crippen LogP contribution in [0.2, 0.25) is 0 Å². The highest BCUT2D eigenvalue weighted by molar-refractivity contribution is 5.96. The second-order valence-corrected chi connectivity index (χ2v) is 10.2. The van der Waals surface area contributed by atoms with Crippen LogP contribution in [0.4, 0.5) is 11.6 Å². The number of anilines is 2. The van der Waals surface area contributed by atoms with Gasteiger partial charge in [-0.3, -0.25) is 14.2 Å². The van der Waals surface area contributed by atoms with Crippen molar-refractivity contribution in [3.8, 4) is 5.69 Å². The van der Waals surface area contributed by atoms with Crippen LogP contribution in [0.5, 0.6) is 0 Å². The number of nitrogens with two attached hydrogens (primary N) is 1. The highest BCUT2D eigenvalue weighted by Gasteiger charge is 2.22. The molecule has 1 fully saturated rings. The van der Waals surface area contributed by atoms with Crippen molar-refractivity contribution in [2.75, 3.05) is 25.5 Å². The number of carbonyl (C=O) groups is 1. The van der Waals surface area contributed by atoms with Gasteiger partial charge in [-0.2, -0.15) is 0 Å². The van der Waals surface area contributed by atoms with Gasteiger partial charge in [0.05, 0.1) is 11.9 Å². The van der Waals surface area contributed by atoms with Crippen LogP contribution in [0.15, 0.2) is 59.7 Å². The van der Waals surface area contributed by atoms with E-state index in [2.05, 4.69) is 58.6 Å². The van der Waals surface area contributed by atoms with E-state index in [0.29, 0.717) is 22.9 Å². The number of nitrogens with one attached hydrogen (secondary N) is 2. The molecule has 8 heteroatoms. The zero-order chi connectivity index (χ0) is 25.5. The normalized spacial score (nSPS) is 16.1. The number of nitrogens with zero attached hydrogens (tertiary/aromatic N) is 3. The summed E-state index contributed by atoms with van der Waals surface area (Å²) in [6.45, 7) is 2.26. The molecular weight excluding hydrogens is 464 g/mol. The Labute approximate surface area is 215 Å². The number of piperidine rings is 1. The molecule has 0 atom stereocenters. The summed E-state index contributed by atoms with van der Waals surface area (Å²) in [5, 5.41) is 3.63. The number of pyridine rings is 1. The van der Waals surface area contributed by atoms with E-state index >= 15 is 0 Å². The molecule has 37 heavy (non-hydrogen) atoms. The molecule has 4 N–H and O–H groups in total. The van der Waals surface area contributed by atoms with Crippen LogP contribution in [0.3, 0.4) is 0 Å². The standard InChI is InChI=1S/C29H30N6O2/c1-34-13-11-20(12-14-34)19-5-8-22(9-6-19)32-29-31-16-24-26(36)25(27(30)37)17-35(28(24)33-29)23-10-7-18-3-2-4-21(18)15-23/h5-10,15-17,20H,2-4,11-14H2,1H3,(H2,30,37)(H,31,32,33)/p+1. The summed E-state index contributed by atoms with van der Waals surface area (Å²) in [6, 6.07) is 14.7. The predicted molar refractivity (Wildman–Crippen MR) is 144 cm³/mol. The summed E-state index contributed by atoms with van der Waals surface area (Å²) in [4.78, 5) is 35.3. The number of likely N-dealkylation sites (tertiary alicyclic amines) is 1. The van der Waals surface area contributed by atoms with E-state index < -0.39 is 11.3 Å². The van der Waals surface area contributed by atoms with Crippen LogP contribution in [-0.4, -0.2) is 40.5 Å². The van der Waals surface area contributed by atoms with Crippen LogP contribution < -0.4 is 21.5 Å². The Morgan fingerprint density at radius 3 is 2.59 bits per heavy atom. The van der Waals surface area contributed by atoms with Gasteiger partial charge in [-0.15, -0.1) is 0 Å². The molecule has 0 radical (unpaired) electrons. The van der Waals surface area contributed by atoms with Crippen molar-refractivity contribution < 1.29 is 9.78 Å². The monoisotopic (exact) mass is 495 g/mol. The van der Waals surface area contributed by atoms with E-state index in [1.54, 1.807) is 10.8 Å². The van der Waals surface area contributed by atoms with Crippen molar-refractivity contribution >= 4 is 28.6 Å². The first kappa shape index (κ1) is 23.4. The van der Waals surface area contributed by atoms with E-state index in [-0.39, 0.29) is 5.56 Å². The minimum absolute atomic E-state index is 0.0617. The molecule has 1 amide bonds. The molecule has 0 saturated carbocycles. The maximum absolute atomic E-state index is 13.0. The molecule has 2 aromatic carbocycles. The largest absolute Gasteiger partial charge is 0.396 e. The number of H-pyrrole nitrogens is 1. The van der Waals surface area contributed by atoms with Crippen molar-refractivity contribution in [2.45, 2.75) is 38.0 Å². The summed E-state index contributed by atoms with van der Waals surface area (Å²) in [6.07, 6.45) is 8.69. The lowest BCUT2D eigenvalue weighted by Gasteiger charge is -2.29. The van der Waals surface area contributed by atoms with Gasteiger partial charge < -0.3 is 10.6 Å². The predicted octanol–water partition coefficient (Wildman–Crippen LogP) is 3.34. The van der Waals surface area contributed by atoms with E-state index in [1.165, 1.54) is 35.7 Å². The molecule has 188 valence electrons. The summed E-state index contributed by atoms with van der Waals surface area (Å²) < 4.78 is 1.79. The lowest BCUT2D eigenvalue weighted by molar-refractivity contribution is -0.362. The second-order valence-electron chi connectivity index (χ2n) is 10.2. The first-order chi connectivity index (χ1) is 18.0. The van der Waals surface area contributed by atoms with E-state index in [4.69, 9.17) is 10.7 Å². The molecule has 1 saturated heterocycles. The van der Waals surface area contributed by atoms with Crippen molar-refractivity contribution in [1.29, 1.82) is 0 Å². The third-order valence-electron chi connectivity index (χ3n) is 7.78. The average Bonchev–Trinajstić information content (AvgIpc) is 3.38. The molecular formula is C29H31N6O2+. The first-order valence-electron chi connectivity index (χ1n) is 12.9. The number of hydrogen-bond donors (Lipinski definition) is 2. The Kier molecular flexibility index (Phi) is 5.96. The van der Waals surface area contributed by atoms with Crippen molar-refractivity contribution in [1.82, 2.24) is 14.5 Å². The van der Waals surface area contributed by atoms with Crippen LogP contribution in [0.25, 0.3) is 16.7 Å². The summed E-state index contributed by atoms with van der Waals surface area (Å²) in [5.74, 6) is 0.339. The molecule has 4 aromatic rings. The Morgan fingerprint density at radius 1 is 1.08 bits per heavy atom. The van der Waals surface area contributed by atoms with Gasteiger partial charge in [-0.25, -0.2) is 10.3 Å². The Bertz CT molecular complexity index is 1550. The van der Waals surface area contributed by atoms with E-state index in [0.717, 1.165) is 43.7 Å². The minimum Gasteiger partial charge on any atom is -0.365 e. The van der Waals surface area contributed by atoms with Gasteiger partial charge in [0.25, 0.3) is 5.91 Å². The number of benzene rings is 2. The molecule has 2 aromatic heterocycles. The number of hydrogen-bond acceptors (Lipinski definition) is 5. The van der Waals surface area contributed by atoms with Gasteiger partial charge in [0, 0.05) is 11.9 Å². The fraction of sp³-hybridized carbons (Fsp3) is 0.310. The second kappa shape index (κ2) is 9.44. The smallest absolute Gasteiger partial charge is 0.365 e. The van der Waals surface area contributed by atoms with Gasteiger partial charge in [0.2, 0.25) is 11.1 Å². The zero-order valence-electron chi connectivity index (χ0n) is 21.0. The van der Waals surface area contributed by atoms with Gasteiger partial charge >= 0.3 is 5.95 Å². The lowest BCUT2D eigenvalue weighted by Crippen LogP contribution is -2.29. The molecule has 6 rings (SSSR count). The molecule has 1 aliphatic carbocycles. The molecule has 1 aliphatic heterocycles. The number of aromatic amines is 1. The third kappa shape index (κ3) is 4.49. The summed E-state index contributed by atoms with van der Waals surface area (Å²) >= 11 is 0. The Hall–Kier alpha value is -4.04. The molecule has 3 heterocycles. The van der Waals surface area contributed by atoms with Crippen LogP contribution in [-0.2, 0) is 12.8 Å². The topological polar surface area (TPSA) is 107 Å². The number of aromatic nitrogens is 3. The summed E-state index contributed by atoms with van der Waals surface area (Å²) in [5.41, 5.74) is 11.3. The number of carbonyl (C=O) groups excluding carboxylic acids is 1. The number of primary amides is 1. The van der Waals surface area contributed by atoms with Crippen molar-refractivity contribution in [3.05, 3.63) is 87.3 Å². The SMILES string of the molecule is CN1CCC(c2ccc(Nc3nc4c(c[nH+]3)c(=O)c(C(N)=O)cn4-c3ccc4c(c3)CCC4)cc2)CC1. The molecule has 0 bridgehead atoms. The molecule has 8 nitrogen and oxygen atoms in total. The highest BCUT2D eigenvalue weighted by atomic mass is 16.2. The Balaban J connectivity index is 1.36. The van der Waals surface area contributed by atoms with E-state index in [9.17, 15) is 9.59 Å².